The van der Waals surface area contributed by atoms with Crippen LogP contribution in [-0.4, -0.2) is 30.1 Å². The lowest BCUT2D eigenvalue weighted by Gasteiger charge is -2.22. The lowest BCUT2D eigenvalue weighted by atomic mass is 9.98. The van der Waals surface area contributed by atoms with Crippen LogP contribution in [-0.2, 0) is 0 Å². The minimum atomic E-state index is -0.864. The molecule has 1 atom stereocenters. The minimum Gasteiger partial charge on any atom is -0.478 e. The van der Waals surface area contributed by atoms with E-state index in [4.69, 9.17) is 0 Å². The molecule has 0 radical (unpaired) electrons. The zero-order valence-electron chi connectivity index (χ0n) is 10.9. The Labute approximate surface area is 112 Å². The summed E-state index contributed by atoms with van der Waals surface area (Å²) < 4.78 is 0. The maximum atomic E-state index is 11.5. The molecule has 0 amide bonds. The molecule has 2 aromatic rings. The van der Waals surface area contributed by atoms with Crippen LogP contribution in [0.15, 0.2) is 42.5 Å². The molecule has 96 valence electrons. The second-order valence-corrected chi connectivity index (χ2v) is 5.03. The number of carbonyl (C=O) groups is 1. The van der Waals surface area contributed by atoms with E-state index in [-0.39, 0.29) is 6.04 Å². The predicted molar refractivity (Wildman–Crippen MR) is 74.4 cm³/mol. The Morgan fingerprint density at radius 1 is 1.05 bits per heavy atom. The second kappa shape index (κ2) is 4.21. The van der Waals surface area contributed by atoms with Crippen molar-refractivity contribution < 1.29 is 9.90 Å². The van der Waals surface area contributed by atoms with Crippen LogP contribution < -0.4 is 0 Å². The second-order valence-electron chi connectivity index (χ2n) is 5.03. The van der Waals surface area contributed by atoms with E-state index in [1.807, 2.05) is 38.4 Å². The van der Waals surface area contributed by atoms with Crippen LogP contribution in [0.1, 0.15) is 27.5 Å². The Bertz CT molecular complexity index is 662. The molecular formula is C16H15NO2. The third-order valence-corrected chi connectivity index (χ3v) is 3.67. The van der Waals surface area contributed by atoms with Gasteiger partial charge in [0.15, 0.2) is 0 Å². The van der Waals surface area contributed by atoms with Crippen LogP contribution in [0.4, 0.5) is 0 Å². The van der Waals surface area contributed by atoms with Crippen molar-refractivity contribution in [2.45, 2.75) is 6.04 Å². The zero-order chi connectivity index (χ0) is 13.6. The van der Waals surface area contributed by atoms with E-state index >= 15 is 0 Å². The molecule has 3 nitrogen and oxygen atoms in total. The largest absolute Gasteiger partial charge is 0.478 e. The number of carboxylic acids is 1. The molecule has 1 aliphatic rings. The molecule has 19 heavy (non-hydrogen) atoms. The summed E-state index contributed by atoms with van der Waals surface area (Å²) in [4.78, 5) is 13.5. The third-order valence-electron chi connectivity index (χ3n) is 3.67. The van der Waals surface area contributed by atoms with Gasteiger partial charge in [0.1, 0.15) is 0 Å². The molecular weight excluding hydrogens is 238 g/mol. The topological polar surface area (TPSA) is 40.5 Å². The molecule has 3 rings (SSSR count). The van der Waals surface area contributed by atoms with Gasteiger partial charge >= 0.3 is 5.97 Å². The van der Waals surface area contributed by atoms with E-state index in [2.05, 4.69) is 17.0 Å². The van der Waals surface area contributed by atoms with Gasteiger partial charge in [0.25, 0.3) is 0 Å². The SMILES string of the molecule is CN(C)[C@@H]1c2ccccc2-c2cccc(C(=O)O)c21. The molecule has 1 aliphatic carbocycles. The van der Waals surface area contributed by atoms with Crippen LogP contribution in [0.2, 0.25) is 0 Å². The number of hydrogen-bond acceptors (Lipinski definition) is 2. The van der Waals surface area contributed by atoms with Gasteiger partial charge in [-0.15, -0.1) is 0 Å². The summed E-state index contributed by atoms with van der Waals surface area (Å²) in [6.45, 7) is 0. The highest BCUT2D eigenvalue weighted by molar-refractivity contribution is 5.95. The number of hydrogen-bond donors (Lipinski definition) is 1. The standard InChI is InChI=1S/C16H15NO2/c1-17(2)15-12-7-4-3-6-10(12)11-8-5-9-13(14(11)15)16(18)19/h3-9,15H,1-2H3,(H,18,19)/t15-/m1/s1. The quantitative estimate of drug-likeness (QED) is 0.894. The van der Waals surface area contributed by atoms with Crippen molar-refractivity contribution in [3.05, 3.63) is 59.2 Å². The average Bonchev–Trinajstić information content (AvgIpc) is 2.72. The van der Waals surface area contributed by atoms with Crippen LogP contribution in [0.25, 0.3) is 11.1 Å². The highest BCUT2D eigenvalue weighted by Gasteiger charge is 2.33. The lowest BCUT2D eigenvalue weighted by molar-refractivity contribution is 0.0694. The van der Waals surface area contributed by atoms with Gasteiger partial charge in [0.05, 0.1) is 11.6 Å². The van der Waals surface area contributed by atoms with Crippen LogP contribution >= 0.6 is 0 Å². The van der Waals surface area contributed by atoms with Crippen LogP contribution in [0.3, 0.4) is 0 Å². The molecule has 2 aromatic carbocycles. The Morgan fingerprint density at radius 3 is 2.42 bits per heavy atom. The maximum absolute atomic E-state index is 11.5. The number of carboxylic acid groups (broad SMARTS) is 1. The Morgan fingerprint density at radius 2 is 1.74 bits per heavy atom. The number of fused-ring (bicyclic) bond motifs is 3. The summed E-state index contributed by atoms with van der Waals surface area (Å²) in [6, 6.07) is 13.6. The molecule has 0 saturated heterocycles. The van der Waals surface area contributed by atoms with E-state index in [1.54, 1.807) is 6.07 Å². The van der Waals surface area contributed by atoms with Crippen molar-refractivity contribution in [1.82, 2.24) is 4.90 Å². The van der Waals surface area contributed by atoms with Gasteiger partial charge in [-0.1, -0.05) is 36.4 Å². The Kier molecular flexibility index (Phi) is 2.64. The van der Waals surface area contributed by atoms with Crippen molar-refractivity contribution in [1.29, 1.82) is 0 Å². The fraction of sp³-hybridized carbons (Fsp3) is 0.188. The molecule has 0 aliphatic heterocycles. The Balaban J connectivity index is 2.34. The van der Waals surface area contributed by atoms with Crippen molar-refractivity contribution >= 4 is 5.97 Å². The van der Waals surface area contributed by atoms with Gasteiger partial charge in [-0.25, -0.2) is 4.79 Å². The average molecular weight is 253 g/mol. The van der Waals surface area contributed by atoms with Crippen molar-refractivity contribution in [2.75, 3.05) is 14.1 Å². The fourth-order valence-corrected chi connectivity index (χ4v) is 2.95. The highest BCUT2D eigenvalue weighted by Crippen LogP contribution is 2.46. The first kappa shape index (κ1) is 11.9. The first-order valence-corrected chi connectivity index (χ1v) is 6.23. The van der Waals surface area contributed by atoms with Gasteiger partial charge in [0, 0.05) is 0 Å². The number of rotatable bonds is 2. The predicted octanol–water partition coefficient (Wildman–Crippen LogP) is 3.02. The third kappa shape index (κ3) is 1.66. The number of nitrogens with zero attached hydrogens (tertiary/aromatic N) is 1. The number of benzene rings is 2. The maximum Gasteiger partial charge on any atom is 0.336 e. The minimum absolute atomic E-state index is 0.0125. The summed E-state index contributed by atoms with van der Waals surface area (Å²) in [5.41, 5.74) is 4.65. The highest BCUT2D eigenvalue weighted by atomic mass is 16.4. The van der Waals surface area contributed by atoms with Crippen LogP contribution in [0, 0.1) is 0 Å². The molecule has 0 saturated carbocycles. The van der Waals surface area contributed by atoms with Crippen LogP contribution in [0.5, 0.6) is 0 Å². The summed E-state index contributed by atoms with van der Waals surface area (Å²) in [7, 11) is 3.96. The first-order valence-electron chi connectivity index (χ1n) is 6.23. The summed E-state index contributed by atoms with van der Waals surface area (Å²) >= 11 is 0. The fourth-order valence-electron chi connectivity index (χ4n) is 2.95. The van der Waals surface area contributed by atoms with Gasteiger partial charge < -0.3 is 5.11 Å². The molecule has 0 unspecified atom stereocenters. The number of aromatic carboxylic acids is 1. The first-order chi connectivity index (χ1) is 9.11. The monoisotopic (exact) mass is 253 g/mol. The van der Waals surface area contributed by atoms with Gasteiger partial charge in [-0.2, -0.15) is 0 Å². The summed E-state index contributed by atoms with van der Waals surface area (Å²) in [6.07, 6.45) is 0. The van der Waals surface area contributed by atoms with Crippen molar-refractivity contribution in [3.63, 3.8) is 0 Å². The lowest BCUT2D eigenvalue weighted by Crippen LogP contribution is -2.21. The van der Waals surface area contributed by atoms with Gasteiger partial charge in [0.2, 0.25) is 0 Å². The molecule has 1 N–H and O–H groups in total. The van der Waals surface area contributed by atoms with E-state index in [0.29, 0.717) is 5.56 Å². The van der Waals surface area contributed by atoms with Gasteiger partial charge in [-0.3, -0.25) is 4.90 Å². The normalized spacial score (nSPS) is 16.3. The van der Waals surface area contributed by atoms with Crippen molar-refractivity contribution in [3.8, 4) is 11.1 Å². The van der Waals surface area contributed by atoms with E-state index < -0.39 is 5.97 Å². The van der Waals surface area contributed by atoms with Crippen molar-refractivity contribution in [2.24, 2.45) is 0 Å². The van der Waals surface area contributed by atoms with E-state index in [9.17, 15) is 9.90 Å². The zero-order valence-corrected chi connectivity index (χ0v) is 10.9. The van der Waals surface area contributed by atoms with E-state index in [1.165, 1.54) is 5.56 Å². The van der Waals surface area contributed by atoms with E-state index in [0.717, 1.165) is 16.7 Å². The molecule has 3 heteroatoms. The molecule has 0 spiro atoms. The molecule has 0 aromatic heterocycles. The molecule has 0 bridgehead atoms. The molecule has 0 fully saturated rings. The summed E-state index contributed by atoms with van der Waals surface area (Å²) in [5, 5.41) is 9.41. The summed E-state index contributed by atoms with van der Waals surface area (Å²) in [5.74, 6) is -0.864. The molecule has 0 heterocycles. The smallest absolute Gasteiger partial charge is 0.336 e. The Hall–Kier alpha value is -2.13. The van der Waals surface area contributed by atoms with Gasteiger partial charge in [-0.05, 0) is 42.4 Å².